The third kappa shape index (κ3) is 1.94. The Bertz CT molecular complexity index is 303. The zero-order valence-electron chi connectivity index (χ0n) is 7.81. The fraction of sp³-hybridized carbons (Fsp3) is 0.455. The van der Waals surface area contributed by atoms with E-state index in [0.29, 0.717) is 6.04 Å². The molecular formula is C11H14BrN. The van der Waals surface area contributed by atoms with E-state index in [1.54, 1.807) is 0 Å². The van der Waals surface area contributed by atoms with Gasteiger partial charge in [0.15, 0.2) is 0 Å². The quantitative estimate of drug-likeness (QED) is 0.794. The van der Waals surface area contributed by atoms with Crippen LogP contribution in [0.15, 0.2) is 22.7 Å². The second kappa shape index (κ2) is 3.81. The van der Waals surface area contributed by atoms with E-state index in [1.807, 2.05) is 0 Å². The SMILES string of the molecule is Cc1ccc(Br)cc1[C@H]1CCCN1. The number of hydrogen-bond donors (Lipinski definition) is 1. The molecule has 0 aromatic heterocycles. The molecule has 1 aliphatic heterocycles. The van der Waals surface area contributed by atoms with E-state index in [0.717, 1.165) is 6.54 Å². The van der Waals surface area contributed by atoms with Crippen LogP contribution in [0.2, 0.25) is 0 Å². The van der Waals surface area contributed by atoms with Gasteiger partial charge in [0.1, 0.15) is 0 Å². The van der Waals surface area contributed by atoms with E-state index in [1.165, 1.54) is 28.4 Å². The van der Waals surface area contributed by atoms with Gasteiger partial charge in [-0.15, -0.1) is 0 Å². The second-order valence-electron chi connectivity index (χ2n) is 3.65. The average Bonchev–Trinajstić information content (AvgIpc) is 2.61. The topological polar surface area (TPSA) is 12.0 Å². The van der Waals surface area contributed by atoms with Crippen LogP contribution >= 0.6 is 15.9 Å². The van der Waals surface area contributed by atoms with Gasteiger partial charge in [-0.1, -0.05) is 22.0 Å². The van der Waals surface area contributed by atoms with Gasteiger partial charge in [-0.2, -0.15) is 0 Å². The first-order valence-electron chi connectivity index (χ1n) is 4.77. The minimum Gasteiger partial charge on any atom is -0.310 e. The summed E-state index contributed by atoms with van der Waals surface area (Å²) in [5.74, 6) is 0. The van der Waals surface area contributed by atoms with Crippen LogP contribution in [0.3, 0.4) is 0 Å². The molecule has 0 saturated carbocycles. The van der Waals surface area contributed by atoms with Crippen molar-refractivity contribution in [2.24, 2.45) is 0 Å². The Labute approximate surface area is 87.7 Å². The van der Waals surface area contributed by atoms with Crippen LogP contribution in [0, 0.1) is 6.92 Å². The van der Waals surface area contributed by atoms with Crippen molar-refractivity contribution in [3.05, 3.63) is 33.8 Å². The number of aryl methyl sites for hydroxylation is 1. The van der Waals surface area contributed by atoms with Gasteiger partial charge in [0.2, 0.25) is 0 Å². The number of hydrogen-bond acceptors (Lipinski definition) is 1. The first-order chi connectivity index (χ1) is 6.27. The predicted octanol–water partition coefficient (Wildman–Crippen LogP) is 3.18. The van der Waals surface area contributed by atoms with Crippen molar-refractivity contribution in [2.45, 2.75) is 25.8 Å². The molecule has 1 saturated heterocycles. The van der Waals surface area contributed by atoms with E-state index in [4.69, 9.17) is 0 Å². The van der Waals surface area contributed by atoms with Crippen molar-refractivity contribution in [2.75, 3.05) is 6.54 Å². The minimum absolute atomic E-state index is 0.581. The third-order valence-corrected chi connectivity index (χ3v) is 3.17. The molecule has 1 fully saturated rings. The molecule has 13 heavy (non-hydrogen) atoms. The molecule has 1 aromatic carbocycles. The summed E-state index contributed by atoms with van der Waals surface area (Å²) in [5.41, 5.74) is 2.84. The highest BCUT2D eigenvalue weighted by atomic mass is 79.9. The maximum absolute atomic E-state index is 3.52. The third-order valence-electron chi connectivity index (χ3n) is 2.68. The molecule has 1 heterocycles. The van der Waals surface area contributed by atoms with E-state index in [-0.39, 0.29) is 0 Å². The summed E-state index contributed by atoms with van der Waals surface area (Å²) >= 11 is 3.52. The molecule has 0 radical (unpaired) electrons. The summed E-state index contributed by atoms with van der Waals surface area (Å²) in [6.45, 7) is 3.35. The highest BCUT2D eigenvalue weighted by molar-refractivity contribution is 9.10. The zero-order valence-corrected chi connectivity index (χ0v) is 9.39. The predicted molar refractivity (Wildman–Crippen MR) is 58.9 cm³/mol. The molecule has 0 spiro atoms. The number of nitrogens with one attached hydrogen (secondary N) is 1. The van der Waals surface area contributed by atoms with E-state index >= 15 is 0 Å². The Morgan fingerprint density at radius 1 is 1.46 bits per heavy atom. The molecule has 1 aromatic rings. The maximum Gasteiger partial charge on any atom is 0.0323 e. The monoisotopic (exact) mass is 239 g/mol. The molecular weight excluding hydrogens is 226 g/mol. The number of benzene rings is 1. The number of halogens is 1. The fourth-order valence-electron chi connectivity index (χ4n) is 1.94. The first kappa shape index (κ1) is 9.22. The van der Waals surface area contributed by atoms with E-state index in [9.17, 15) is 0 Å². The van der Waals surface area contributed by atoms with Gasteiger partial charge in [-0.05, 0) is 49.6 Å². The van der Waals surface area contributed by atoms with Crippen molar-refractivity contribution in [1.82, 2.24) is 5.32 Å². The smallest absolute Gasteiger partial charge is 0.0323 e. The van der Waals surface area contributed by atoms with Crippen LogP contribution in [-0.4, -0.2) is 6.54 Å². The lowest BCUT2D eigenvalue weighted by atomic mass is 10.0. The minimum atomic E-state index is 0.581. The highest BCUT2D eigenvalue weighted by Gasteiger charge is 2.17. The van der Waals surface area contributed by atoms with Crippen molar-refractivity contribution in [1.29, 1.82) is 0 Å². The van der Waals surface area contributed by atoms with E-state index in [2.05, 4.69) is 46.4 Å². The standard InChI is InChI=1S/C11H14BrN/c1-8-4-5-9(12)7-10(8)11-3-2-6-13-11/h4-5,7,11,13H,2-3,6H2,1H3/t11-/m1/s1. The lowest BCUT2D eigenvalue weighted by Gasteiger charge is -2.13. The molecule has 0 unspecified atom stereocenters. The summed E-state index contributed by atoms with van der Waals surface area (Å²) in [5, 5.41) is 3.52. The second-order valence-corrected chi connectivity index (χ2v) is 4.57. The zero-order chi connectivity index (χ0) is 9.26. The van der Waals surface area contributed by atoms with Crippen LogP contribution in [0.1, 0.15) is 30.0 Å². The molecule has 0 amide bonds. The Morgan fingerprint density at radius 2 is 2.31 bits per heavy atom. The highest BCUT2D eigenvalue weighted by Crippen LogP contribution is 2.27. The Kier molecular flexibility index (Phi) is 2.70. The van der Waals surface area contributed by atoms with Crippen LogP contribution in [-0.2, 0) is 0 Å². The lowest BCUT2D eigenvalue weighted by molar-refractivity contribution is 0.643. The van der Waals surface area contributed by atoms with Gasteiger partial charge in [0, 0.05) is 10.5 Å². The molecule has 2 heteroatoms. The Hall–Kier alpha value is -0.340. The van der Waals surface area contributed by atoms with Crippen molar-refractivity contribution in [3.63, 3.8) is 0 Å². The van der Waals surface area contributed by atoms with E-state index < -0.39 is 0 Å². The van der Waals surface area contributed by atoms with Crippen LogP contribution < -0.4 is 5.32 Å². The van der Waals surface area contributed by atoms with Crippen LogP contribution in [0.5, 0.6) is 0 Å². The molecule has 1 atom stereocenters. The first-order valence-corrected chi connectivity index (χ1v) is 5.56. The summed E-state index contributed by atoms with van der Waals surface area (Å²) in [6.07, 6.45) is 2.58. The molecule has 1 N–H and O–H groups in total. The molecule has 2 rings (SSSR count). The number of rotatable bonds is 1. The maximum atomic E-state index is 3.52. The fourth-order valence-corrected chi connectivity index (χ4v) is 2.32. The molecule has 1 nitrogen and oxygen atoms in total. The van der Waals surface area contributed by atoms with Gasteiger partial charge >= 0.3 is 0 Å². The van der Waals surface area contributed by atoms with Gasteiger partial charge < -0.3 is 5.32 Å². The van der Waals surface area contributed by atoms with Gasteiger partial charge in [-0.3, -0.25) is 0 Å². The van der Waals surface area contributed by atoms with Crippen molar-refractivity contribution < 1.29 is 0 Å². The molecule has 70 valence electrons. The summed E-state index contributed by atoms with van der Waals surface area (Å²) in [4.78, 5) is 0. The largest absolute Gasteiger partial charge is 0.310 e. The van der Waals surface area contributed by atoms with Crippen molar-refractivity contribution in [3.8, 4) is 0 Å². The van der Waals surface area contributed by atoms with Gasteiger partial charge in [-0.25, -0.2) is 0 Å². The Balaban J connectivity index is 2.32. The van der Waals surface area contributed by atoms with Crippen LogP contribution in [0.25, 0.3) is 0 Å². The summed E-state index contributed by atoms with van der Waals surface area (Å²) in [7, 11) is 0. The Morgan fingerprint density at radius 3 is 3.00 bits per heavy atom. The molecule has 1 aliphatic rings. The molecule has 0 aliphatic carbocycles. The van der Waals surface area contributed by atoms with Crippen LogP contribution in [0.4, 0.5) is 0 Å². The van der Waals surface area contributed by atoms with Crippen molar-refractivity contribution >= 4 is 15.9 Å². The lowest BCUT2D eigenvalue weighted by Crippen LogP contribution is -2.13. The summed E-state index contributed by atoms with van der Waals surface area (Å²) in [6, 6.07) is 7.10. The average molecular weight is 240 g/mol. The van der Waals surface area contributed by atoms with Gasteiger partial charge in [0.05, 0.1) is 0 Å². The normalized spacial score (nSPS) is 22.2. The molecule has 0 bridgehead atoms. The summed E-state index contributed by atoms with van der Waals surface area (Å²) < 4.78 is 1.18. The van der Waals surface area contributed by atoms with Gasteiger partial charge in [0.25, 0.3) is 0 Å².